The molecule has 0 spiro atoms. The third-order valence-corrected chi connectivity index (χ3v) is 25.1. The number of hydrogen-bond acceptors (Lipinski definition) is 32. The third kappa shape index (κ3) is 22.0. The van der Waals surface area contributed by atoms with Crippen LogP contribution in [0, 0.1) is 17.8 Å². The van der Waals surface area contributed by atoms with Crippen molar-refractivity contribution in [2.75, 3.05) is 26.4 Å². The maximum atomic E-state index is 16.6. The third-order valence-electron chi connectivity index (χ3n) is 24.3. The smallest absolute Gasteiger partial charge is 0.295 e. The quantitative estimate of drug-likeness (QED) is 0.0274. The van der Waals surface area contributed by atoms with Crippen molar-refractivity contribution >= 4 is 82.4 Å². The summed E-state index contributed by atoms with van der Waals surface area (Å²) in [5, 5.41) is 167. The number of Topliss-reactive ketones (excluding diaryl/α,β-unsaturated/α-hetero) is 2. The number of rotatable bonds is 25. The minimum absolute atomic E-state index is 0.0475. The van der Waals surface area contributed by atoms with Crippen molar-refractivity contribution in [3.63, 3.8) is 0 Å². The zero-order chi connectivity index (χ0) is 94.5. The monoisotopic (exact) mass is 1880 g/mol. The summed E-state index contributed by atoms with van der Waals surface area (Å²) in [6.07, 6.45) is -30.6. The van der Waals surface area contributed by atoms with Crippen molar-refractivity contribution in [2.45, 2.75) is 214 Å². The van der Waals surface area contributed by atoms with E-state index in [-0.39, 0.29) is 83.7 Å². The molecule has 7 aromatic rings. The van der Waals surface area contributed by atoms with Crippen LogP contribution in [0.25, 0.3) is 22.3 Å². The molecule has 37 nitrogen and oxygen atoms in total. The Morgan fingerprint density at radius 3 is 1.89 bits per heavy atom. The number of amides is 5. The first-order valence-corrected chi connectivity index (χ1v) is 43.6. The highest BCUT2D eigenvalue weighted by Gasteiger charge is 2.53. The molecule has 7 unspecified atom stereocenters. The van der Waals surface area contributed by atoms with Crippen molar-refractivity contribution in [3.8, 4) is 68.2 Å². The first-order chi connectivity index (χ1) is 62.4. The van der Waals surface area contributed by atoms with Gasteiger partial charge in [-0.05, 0) is 138 Å². The number of carbonyl (C=O) groups excluding carboxylic acids is 8. The Labute approximate surface area is 765 Å². The number of aromatic hydroxyl groups is 3. The normalized spacial score (nSPS) is 29.0. The lowest BCUT2D eigenvalue weighted by molar-refractivity contribution is -0.334. The first kappa shape index (κ1) is 98.2. The second kappa shape index (κ2) is 42.3. The summed E-state index contributed by atoms with van der Waals surface area (Å²) in [5.41, 5.74) is 4.38. The Balaban J connectivity index is 0.961. The van der Waals surface area contributed by atoms with E-state index in [1.165, 1.54) is 24.3 Å². The van der Waals surface area contributed by atoms with E-state index in [0.717, 1.165) is 65.2 Å². The molecule has 5 amide bonds. The van der Waals surface area contributed by atoms with Gasteiger partial charge in [0.2, 0.25) is 47.8 Å². The number of aliphatic hydroxyl groups excluding tert-OH is 10. The molecule has 3 saturated heterocycles. The first-order valence-electron chi connectivity index (χ1n) is 42.4. The van der Waals surface area contributed by atoms with Gasteiger partial charge in [0.15, 0.2) is 41.7 Å². The Bertz CT molecular complexity index is 5350. The topological polar surface area (TPSA) is 581 Å². The molecule has 8 aliphatic rings. The van der Waals surface area contributed by atoms with Crippen LogP contribution in [0.15, 0.2) is 121 Å². The fourth-order valence-corrected chi connectivity index (χ4v) is 17.6. The molecular weight excluding hydrogens is 1780 g/mol. The van der Waals surface area contributed by atoms with Gasteiger partial charge in [0, 0.05) is 78.5 Å². The Morgan fingerprint density at radius 2 is 1.27 bits per heavy atom. The number of fused-ring (bicyclic) bond motifs is 15. The Morgan fingerprint density at radius 1 is 0.656 bits per heavy atom. The zero-order valence-corrected chi connectivity index (χ0v) is 73.6. The van der Waals surface area contributed by atoms with E-state index in [1.54, 1.807) is 32.9 Å². The van der Waals surface area contributed by atoms with E-state index in [1.807, 2.05) is 50.2 Å². The zero-order valence-electron chi connectivity index (χ0n) is 71.4. The molecule has 3 fully saturated rings. The number of carbonyl (C=O) groups is 8. The highest BCUT2D eigenvalue weighted by Crippen LogP contribution is 2.52. The van der Waals surface area contributed by atoms with Crippen LogP contribution >= 0.6 is 34.8 Å². The molecule has 8 heterocycles. The van der Waals surface area contributed by atoms with Crippen LogP contribution in [-0.2, 0) is 79.9 Å². The van der Waals surface area contributed by atoms with Crippen molar-refractivity contribution in [2.24, 2.45) is 23.5 Å². The maximum absolute atomic E-state index is 16.6. The minimum Gasteiger partial charge on any atom is -0.507 e. The van der Waals surface area contributed by atoms with Crippen LogP contribution in [0.4, 0.5) is 0 Å². The molecule has 11 bridgehead atoms. The number of phenolic OH excluding ortho intramolecular Hbond substituents is 3. The molecule has 21 N–H and O–H groups in total. The van der Waals surface area contributed by atoms with Crippen LogP contribution in [0.5, 0.6) is 46.0 Å². The predicted molar refractivity (Wildman–Crippen MR) is 463 cm³/mol. The standard InChI is InChI=1S/C91H104Cl3N7O30/c1-6-42(23-39(2)3)84(119)99-71-59(107)27-49(30-67(95)109)85(120)98-70-48-28-63(126-61-19-14-46(73(71)110)25-55(61)93)81(131-90-82(79(116)77(114)66(37-103)129-90)130-68-33-91(5,83(118)40(4)125-68)97-34-41-7-9-43(10-8-41)44-11-16-50(92)17-12-44)64(29-48)127-62-20-15-47(26-56(62)94)74(111)72-87(122)101-88(124-38-104)53-32-58(106)54(35-96-21-22-123-89-80(117)78(115)76(113)65(36-102)128-89)75(112)69(53)52-24-45(13-18-57(52)105)51(31-60(70)108)86(121)100-72/h7-20,24-26,28-29,32,38-40,42,49,51,65-66,68,70-74,76-80,82-83,88-90,96-97,102-103,105-106,110-118H,6,21-23,27,30-31,33-37H2,1-5H3,(H2,95,109)(H,98,120)(H,99,119)(H,100,121)(H,101,122)/t40?,42-,49+,51+,65?,66-,68+,70-,71+,72+,73-,74-,76-,77?,78?,79?,80-,82-,83-,88-,89+,90?,91?/m1/s1. The summed E-state index contributed by atoms with van der Waals surface area (Å²) in [4.78, 5) is 120. The average Bonchev–Trinajstić information content (AvgIpc) is 0.757. The molecule has 0 aromatic heterocycles. The van der Waals surface area contributed by atoms with E-state index in [9.17, 15) is 80.8 Å². The van der Waals surface area contributed by atoms with Crippen molar-refractivity contribution in [1.29, 1.82) is 0 Å². The van der Waals surface area contributed by atoms with Crippen molar-refractivity contribution < 1.29 is 147 Å². The number of hydrogen-bond donors (Lipinski definition) is 20. The van der Waals surface area contributed by atoms with E-state index in [4.69, 9.17) is 83.2 Å². The number of ether oxygens (including phenoxy) is 9. The number of nitrogens with two attached hydrogens (primary N) is 1. The molecule has 0 radical (unpaired) electrons. The van der Waals surface area contributed by atoms with Crippen LogP contribution in [0.1, 0.15) is 142 Å². The molecule has 0 aliphatic carbocycles. The number of halogens is 3. The summed E-state index contributed by atoms with van der Waals surface area (Å²) in [7, 11) is 0. The second-order valence-corrected chi connectivity index (χ2v) is 35.1. The Hall–Kier alpha value is -10.3. The van der Waals surface area contributed by atoms with E-state index in [2.05, 4.69) is 31.9 Å². The van der Waals surface area contributed by atoms with Gasteiger partial charge in [-0.15, -0.1) is 0 Å². The second-order valence-electron chi connectivity index (χ2n) is 33.9. The van der Waals surface area contributed by atoms with Gasteiger partial charge in [0.25, 0.3) is 6.47 Å². The Kier molecular flexibility index (Phi) is 31.7. The lowest BCUT2D eigenvalue weighted by atomic mass is 9.84. The highest BCUT2D eigenvalue weighted by molar-refractivity contribution is 6.32. The van der Waals surface area contributed by atoms with E-state index in [0.29, 0.717) is 11.4 Å². The molecule has 7 aromatic carbocycles. The number of nitrogens with one attached hydrogen (secondary N) is 6. The van der Waals surface area contributed by atoms with Gasteiger partial charge in [0.1, 0.15) is 102 Å². The van der Waals surface area contributed by atoms with Crippen LogP contribution in [0.3, 0.4) is 0 Å². The summed E-state index contributed by atoms with van der Waals surface area (Å²) < 4.78 is 56.3. The largest absolute Gasteiger partial charge is 0.507 e. The summed E-state index contributed by atoms with van der Waals surface area (Å²) in [6.45, 7) is 6.04. The van der Waals surface area contributed by atoms with Crippen molar-refractivity contribution in [3.05, 3.63) is 175 Å². The molecule has 8 aliphatic heterocycles. The number of benzene rings is 7. The van der Waals surface area contributed by atoms with Crippen LogP contribution in [0.2, 0.25) is 15.1 Å². The molecular formula is C91H104Cl3N7O30. The highest BCUT2D eigenvalue weighted by atomic mass is 35.5. The SMILES string of the molecule is CC[C@H](CC(C)C)C(=O)N[C@H]1C(=O)C[C@@H](CC(N)=O)C(=O)N[C@H]2C(=O)C[C@@H]3C(=O)N[C@H](C(=O)N[C@H](OC=O)c4cc(O)c(CNCCO[C@H]5OC(CO)[C@@H](O)C(O)[C@H]5O)c(O)c4-c4cc3ccc4O)[C@H](O)c3ccc(c(Cl)c3)Oc3cc2cc(c3OC2O[C@H](CO)C(O)C(O)[C@H]2O[C@H]2CC(C)(NCc3ccc(-c4ccc(Cl)cc4)cc3)[C@H](O)C(C)O2)Oc2ccc(cc2Cl)[C@H]1O. The lowest BCUT2D eigenvalue weighted by Crippen LogP contribution is -2.65. The van der Waals surface area contributed by atoms with Crippen molar-refractivity contribution in [1.82, 2.24) is 31.9 Å². The number of aliphatic hydroxyl groups is 10. The van der Waals surface area contributed by atoms with Gasteiger partial charge in [-0.3, -0.25) is 38.4 Å². The summed E-state index contributed by atoms with van der Waals surface area (Å²) in [5.74, 6) is -17.8. The molecule has 15 rings (SSSR count). The van der Waals surface area contributed by atoms with Crippen LogP contribution < -0.4 is 51.8 Å². The molecule has 131 heavy (non-hydrogen) atoms. The van der Waals surface area contributed by atoms with E-state index >= 15 is 24.0 Å². The van der Waals surface area contributed by atoms with Crippen LogP contribution in [-0.4, -0.2) is 238 Å². The van der Waals surface area contributed by atoms with Gasteiger partial charge >= 0.3 is 0 Å². The van der Waals surface area contributed by atoms with Gasteiger partial charge in [0.05, 0.1) is 59.5 Å². The fourth-order valence-electron chi connectivity index (χ4n) is 17.0. The minimum atomic E-state index is -2.27. The summed E-state index contributed by atoms with van der Waals surface area (Å²) >= 11 is 20.7. The fraction of sp³-hybridized carbons (Fsp3) is 0.451. The lowest BCUT2D eigenvalue weighted by Gasteiger charge is -2.48. The maximum Gasteiger partial charge on any atom is 0.295 e. The molecule has 704 valence electrons. The number of ketones is 2. The van der Waals surface area contributed by atoms with Gasteiger partial charge in [-0.25, -0.2) is 0 Å². The predicted octanol–water partition coefficient (Wildman–Crippen LogP) is 4.62. The van der Waals surface area contributed by atoms with Gasteiger partial charge in [-0.1, -0.05) is 110 Å². The van der Waals surface area contributed by atoms with Gasteiger partial charge in [-0.2, -0.15) is 0 Å². The molecule has 23 atom stereocenters. The average molecular weight is 1880 g/mol. The van der Waals surface area contributed by atoms with Gasteiger partial charge < -0.3 is 147 Å². The molecule has 40 heteroatoms. The molecule has 0 saturated carbocycles. The number of primary amides is 1. The number of phenols is 3. The summed E-state index contributed by atoms with van der Waals surface area (Å²) in [6, 6.07) is 22.0. The van der Waals surface area contributed by atoms with E-state index < -0.39 is 282 Å².